The quantitative estimate of drug-likeness (QED) is 0.414. The van der Waals surface area contributed by atoms with E-state index in [1.165, 1.54) is 4.90 Å². The molecule has 0 aromatic carbocycles. The fraction of sp³-hybridized carbons (Fsp3) is 0.750. The van der Waals surface area contributed by atoms with Crippen LogP contribution in [0.25, 0.3) is 0 Å². The molecule has 1 amide bonds. The minimum absolute atomic E-state index is 0.175. The number of ether oxygens (including phenoxy) is 2. The third-order valence-electron chi connectivity index (χ3n) is 2.96. The lowest BCUT2D eigenvalue weighted by molar-refractivity contribution is -0.151. The SMILES string of the molecule is CCOC(=O)C(C=O)C1CCN(C(=O)OCC)C1. The Balaban J connectivity index is 2.55. The van der Waals surface area contributed by atoms with Crippen molar-refractivity contribution in [2.75, 3.05) is 26.3 Å². The average Bonchev–Trinajstić information content (AvgIpc) is 2.80. The summed E-state index contributed by atoms with van der Waals surface area (Å²) >= 11 is 0. The molecule has 1 rings (SSSR count). The lowest BCUT2D eigenvalue weighted by atomic mass is 9.93. The van der Waals surface area contributed by atoms with Crippen molar-refractivity contribution < 1.29 is 23.9 Å². The minimum atomic E-state index is -0.788. The first kappa shape index (κ1) is 14.5. The van der Waals surface area contributed by atoms with Gasteiger partial charge in [-0.3, -0.25) is 4.79 Å². The smallest absolute Gasteiger partial charge is 0.409 e. The van der Waals surface area contributed by atoms with Crippen molar-refractivity contribution in [2.24, 2.45) is 11.8 Å². The third-order valence-corrected chi connectivity index (χ3v) is 2.96. The highest BCUT2D eigenvalue weighted by molar-refractivity contribution is 5.88. The molecule has 1 fully saturated rings. The van der Waals surface area contributed by atoms with E-state index in [1.807, 2.05) is 0 Å². The second kappa shape index (κ2) is 6.98. The van der Waals surface area contributed by atoms with Crippen molar-refractivity contribution in [3.8, 4) is 0 Å². The zero-order valence-corrected chi connectivity index (χ0v) is 10.8. The normalized spacial score (nSPS) is 20.3. The first-order chi connectivity index (χ1) is 8.63. The Bertz CT molecular complexity index is 318. The van der Waals surface area contributed by atoms with Crippen LogP contribution in [0.1, 0.15) is 20.3 Å². The van der Waals surface area contributed by atoms with E-state index in [4.69, 9.17) is 9.47 Å². The summed E-state index contributed by atoms with van der Waals surface area (Å²) in [5.41, 5.74) is 0. The van der Waals surface area contributed by atoms with Gasteiger partial charge in [0, 0.05) is 13.1 Å². The van der Waals surface area contributed by atoms with Crippen LogP contribution in [0.2, 0.25) is 0 Å². The molecule has 102 valence electrons. The van der Waals surface area contributed by atoms with Crippen molar-refractivity contribution in [1.29, 1.82) is 0 Å². The molecule has 1 heterocycles. The maximum absolute atomic E-state index is 11.6. The van der Waals surface area contributed by atoms with Gasteiger partial charge in [0.05, 0.1) is 13.2 Å². The van der Waals surface area contributed by atoms with Gasteiger partial charge >= 0.3 is 12.1 Å². The maximum Gasteiger partial charge on any atom is 0.409 e. The van der Waals surface area contributed by atoms with E-state index in [-0.39, 0.29) is 12.5 Å². The van der Waals surface area contributed by atoms with E-state index in [0.29, 0.717) is 32.4 Å². The van der Waals surface area contributed by atoms with Crippen LogP contribution in [0.15, 0.2) is 0 Å². The van der Waals surface area contributed by atoms with Gasteiger partial charge in [0.15, 0.2) is 0 Å². The molecule has 0 aromatic rings. The molecule has 0 bridgehead atoms. The van der Waals surface area contributed by atoms with E-state index in [1.54, 1.807) is 13.8 Å². The van der Waals surface area contributed by atoms with E-state index in [2.05, 4.69) is 0 Å². The summed E-state index contributed by atoms with van der Waals surface area (Å²) in [6.45, 7) is 4.86. The summed E-state index contributed by atoms with van der Waals surface area (Å²) in [7, 11) is 0. The Morgan fingerprint density at radius 3 is 2.56 bits per heavy atom. The van der Waals surface area contributed by atoms with Gasteiger partial charge in [-0.2, -0.15) is 0 Å². The van der Waals surface area contributed by atoms with Crippen molar-refractivity contribution in [3.63, 3.8) is 0 Å². The van der Waals surface area contributed by atoms with E-state index >= 15 is 0 Å². The number of nitrogens with zero attached hydrogens (tertiary/aromatic N) is 1. The molecule has 1 saturated heterocycles. The average molecular weight is 257 g/mol. The van der Waals surface area contributed by atoms with Crippen LogP contribution in [0.5, 0.6) is 0 Å². The van der Waals surface area contributed by atoms with Gasteiger partial charge in [-0.25, -0.2) is 4.79 Å². The predicted molar refractivity (Wildman–Crippen MR) is 62.9 cm³/mol. The third kappa shape index (κ3) is 3.45. The molecule has 1 aliphatic rings. The van der Waals surface area contributed by atoms with E-state index in [9.17, 15) is 14.4 Å². The van der Waals surface area contributed by atoms with Gasteiger partial charge in [0.1, 0.15) is 12.2 Å². The summed E-state index contributed by atoms with van der Waals surface area (Å²) in [5, 5.41) is 0. The highest BCUT2D eigenvalue weighted by Gasteiger charge is 2.36. The summed E-state index contributed by atoms with van der Waals surface area (Å²) < 4.78 is 9.72. The van der Waals surface area contributed by atoms with Gasteiger partial charge in [-0.1, -0.05) is 0 Å². The Morgan fingerprint density at radius 2 is 2.00 bits per heavy atom. The first-order valence-corrected chi connectivity index (χ1v) is 6.17. The Labute approximate surface area is 106 Å². The zero-order chi connectivity index (χ0) is 13.5. The van der Waals surface area contributed by atoms with Crippen LogP contribution < -0.4 is 0 Å². The van der Waals surface area contributed by atoms with Gasteiger partial charge in [-0.05, 0) is 26.2 Å². The number of hydrogen-bond donors (Lipinski definition) is 0. The molecule has 0 aliphatic carbocycles. The number of esters is 1. The molecule has 1 aliphatic heterocycles. The molecule has 6 heteroatoms. The number of amides is 1. The Hall–Kier alpha value is -1.59. The van der Waals surface area contributed by atoms with Crippen molar-refractivity contribution >= 4 is 18.3 Å². The topological polar surface area (TPSA) is 72.9 Å². The summed E-state index contributed by atoms with van der Waals surface area (Å²) in [5.74, 6) is -1.47. The fourth-order valence-corrected chi connectivity index (χ4v) is 2.06. The summed E-state index contributed by atoms with van der Waals surface area (Å²) in [6.07, 6.45) is 0.826. The Morgan fingerprint density at radius 1 is 1.33 bits per heavy atom. The largest absolute Gasteiger partial charge is 0.465 e. The van der Waals surface area contributed by atoms with E-state index < -0.39 is 18.0 Å². The number of aldehydes is 1. The van der Waals surface area contributed by atoms with Gasteiger partial charge < -0.3 is 19.2 Å². The molecule has 2 unspecified atom stereocenters. The molecular formula is C12H19NO5. The van der Waals surface area contributed by atoms with Gasteiger partial charge in [0.25, 0.3) is 0 Å². The Kier molecular flexibility index (Phi) is 5.61. The van der Waals surface area contributed by atoms with Crippen LogP contribution in [0, 0.1) is 11.8 Å². The molecule has 18 heavy (non-hydrogen) atoms. The highest BCUT2D eigenvalue weighted by Crippen LogP contribution is 2.24. The predicted octanol–water partition coefficient (Wildman–Crippen LogP) is 0.843. The van der Waals surface area contributed by atoms with Crippen LogP contribution in [-0.2, 0) is 19.1 Å². The van der Waals surface area contributed by atoms with Gasteiger partial charge in [-0.15, -0.1) is 0 Å². The minimum Gasteiger partial charge on any atom is -0.465 e. The molecule has 0 aromatic heterocycles. The molecule has 0 N–H and O–H groups in total. The lowest BCUT2D eigenvalue weighted by Gasteiger charge is -2.18. The first-order valence-electron chi connectivity index (χ1n) is 6.17. The molecule has 0 saturated carbocycles. The van der Waals surface area contributed by atoms with E-state index in [0.717, 1.165) is 0 Å². The van der Waals surface area contributed by atoms with Gasteiger partial charge in [0.2, 0.25) is 0 Å². The maximum atomic E-state index is 11.6. The summed E-state index contributed by atoms with van der Waals surface area (Å²) in [4.78, 5) is 35.6. The monoisotopic (exact) mass is 257 g/mol. The van der Waals surface area contributed by atoms with Crippen molar-refractivity contribution in [1.82, 2.24) is 4.90 Å². The van der Waals surface area contributed by atoms with Crippen molar-refractivity contribution in [2.45, 2.75) is 20.3 Å². The number of likely N-dealkylation sites (tertiary alicyclic amines) is 1. The van der Waals surface area contributed by atoms with Crippen LogP contribution in [-0.4, -0.2) is 49.6 Å². The standard InChI is InChI=1S/C12H19NO5/c1-3-17-11(15)10(8-14)9-5-6-13(7-9)12(16)18-4-2/h8-10H,3-7H2,1-2H3. The number of carbonyl (C=O) groups is 3. The second-order valence-corrected chi connectivity index (χ2v) is 4.11. The molecule has 2 atom stereocenters. The molecule has 6 nitrogen and oxygen atoms in total. The second-order valence-electron chi connectivity index (χ2n) is 4.11. The lowest BCUT2D eigenvalue weighted by Crippen LogP contribution is -2.33. The van der Waals surface area contributed by atoms with Crippen LogP contribution >= 0.6 is 0 Å². The fourth-order valence-electron chi connectivity index (χ4n) is 2.06. The number of rotatable bonds is 5. The summed E-state index contributed by atoms with van der Waals surface area (Å²) in [6, 6.07) is 0. The molecule has 0 radical (unpaired) electrons. The number of hydrogen-bond acceptors (Lipinski definition) is 5. The van der Waals surface area contributed by atoms with Crippen LogP contribution in [0.4, 0.5) is 4.79 Å². The zero-order valence-electron chi connectivity index (χ0n) is 10.8. The molecule has 0 spiro atoms. The van der Waals surface area contributed by atoms with Crippen molar-refractivity contribution in [3.05, 3.63) is 0 Å². The highest BCUT2D eigenvalue weighted by atomic mass is 16.6. The van der Waals surface area contributed by atoms with Crippen LogP contribution in [0.3, 0.4) is 0 Å². The number of carbonyl (C=O) groups excluding carboxylic acids is 3. The molecular weight excluding hydrogens is 238 g/mol.